The van der Waals surface area contributed by atoms with Crippen molar-refractivity contribution in [1.29, 1.82) is 0 Å². The first-order valence-electron chi connectivity index (χ1n) is 6.80. The average molecular weight is 293 g/mol. The number of aliphatic hydroxyl groups excluding tert-OH is 1. The van der Waals surface area contributed by atoms with E-state index >= 15 is 0 Å². The van der Waals surface area contributed by atoms with Gasteiger partial charge < -0.3 is 19.2 Å². The van der Waals surface area contributed by atoms with E-state index in [-0.39, 0.29) is 30.1 Å². The van der Waals surface area contributed by atoms with Gasteiger partial charge in [0.25, 0.3) is 5.91 Å². The molecule has 21 heavy (non-hydrogen) atoms. The molecule has 2 aromatic rings. The Morgan fingerprint density at radius 2 is 2.33 bits per heavy atom. The van der Waals surface area contributed by atoms with E-state index < -0.39 is 0 Å². The summed E-state index contributed by atoms with van der Waals surface area (Å²) >= 11 is 0. The molecule has 0 aliphatic carbocycles. The van der Waals surface area contributed by atoms with Crippen molar-refractivity contribution in [3.8, 4) is 0 Å². The van der Waals surface area contributed by atoms with Crippen molar-refractivity contribution in [3.05, 3.63) is 35.3 Å². The lowest BCUT2D eigenvalue weighted by Crippen LogP contribution is -2.50. The molecule has 0 bridgehead atoms. The Bertz CT molecular complexity index is 682. The Balaban J connectivity index is 1.99. The predicted molar refractivity (Wildman–Crippen MR) is 73.6 cm³/mol. The maximum Gasteiger partial charge on any atom is 0.290 e. The second-order valence-corrected chi connectivity index (χ2v) is 5.11. The van der Waals surface area contributed by atoms with Crippen LogP contribution in [0.5, 0.6) is 0 Å². The highest BCUT2D eigenvalue weighted by molar-refractivity contribution is 5.99. The lowest BCUT2D eigenvalue weighted by Gasteiger charge is -2.33. The maximum atomic E-state index is 13.3. The molecule has 1 N–H and O–H groups in total. The van der Waals surface area contributed by atoms with Crippen molar-refractivity contribution in [2.75, 3.05) is 26.4 Å². The van der Waals surface area contributed by atoms with Crippen LogP contribution in [0.2, 0.25) is 0 Å². The fourth-order valence-electron chi connectivity index (χ4n) is 2.60. The Kier molecular flexibility index (Phi) is 3.65. The van der Waals surface area contributed by atoms with E-state index in [0.29, 0.717) is 36.3 Å². The van der Waals surface area contributed by atoms with Gasteiger partial charge in [-0.3, -0.25) is 4.79 Å². The van der Waals surface area contributed by atoms with E-state index in [4.69, 9.17) is 9.15 Å². The van der Waals surface area contributed by atoms with E-state index in [0.717, 1.165) is 0 Å². The minimum absolute atomic E-state index is 0.167. The second-order valence-electron chi connectivity index (χ2n) is 5.11. The minimum Gasteiger partial charge on any atom is -0.451 e. The molecule has 2 heterocycles. The van der Waals surface area contributed by atoms with Gasteiger partial charge in [0.1, 0.15) is 11.4 Å². The van der Waals surface area contributed by atoms with E-state index in [1.807, 2.05) is 0 Å². The van der Waals surface area contributed by atoms with Gasteiger partial charge in [-0.15, -0.1) is 0 Å². The zero-order valence-electron chi connectivity index (χ0n) is 11.6. The van der Waals surface area contributed by atoms with Crippen LogP contribution in [0.25, 0.3) is 11.0 Å². The van der Waals surface area contributed by atoms with Crippen LogP contribution in [0.1, 0.15) is 16.1 Å². The minimum atomic E-state index is -0.379. The molecular formula is C15H16FNO4. The highest BCUT2D eigenvalue weighted by Gasteiger charge is 2.31. The average Bonchev–Trinajstić information content (AvgIpc) is 2.83. The summed E-state index contributed by atoms with van der Waals surface area (Å²) < 4.78 is 24.2. The molecular weight excluding hydrogens is 277 g/mol. The molecule has 3 rings (SSSR count). The highest BCUT2D eigenvalue weighted by atomic mass is 19.1. The summed E-state index contributed by atoms with van der Waals surface area (Å²) in [5.41, 5.74) is 1.09. The monoisotopic (exact) mass is 293 g/mol. The quantitative estimate of drug-likeness (QED) is 0.915. The van der Waals surface area contributed by atoms with Gasteiger partial charge in [0.05, 0.1) is 25.9 Å². The molecule has 1 atom stereocenters. The first-order valence-corrected chi connectivity index (χ1v) is 6.80. The van der Waals surface area contributed by atoms with Crippen LogP contribution in [0.15, 0.2) is 22.6 Å². The van der Waals surface area contributed by atoms with Gasteiger partial charge in [-0.05, 0) is 25.1 Å². The number of carbonyl (C=O) groups is 1. The molecule has 0 spiro atoms. The summed E-state index contributed by atoms with van der Waals surface area (Å²) in [7, 11) is 0. The third kappa shape index (κ3) is 2.41. The van der Waals surface area contributed by atoms with Crippen LogP contribution in [0.3, 0.4) is 0 Å². The van der Waals surface area contributed by atoms with Gasteiger partial charge in [0.2, 0.25) is 0 Å². The van der Waals surface area contributed by atoms with Gasteiger partial charge in [-0.1, -0.05) is 0 Å². The summed E-state index contributed by atoms with van der Waals surface area (Å²) in [4.78, 5) is 14.2. The van der Waals surface area contributed by atoms with E-state index in [1.165, 1.54) is 18.2 Å². The first kappa shape index (κ1) is 14.0. The number of aryl methyl sites for hydroxylation is 1. The number of amides is 1. The number of aliphatic hydroxyl groups is 1. The lowest BCUT2D eigenvalue weighted by molar-refractivity contribution is -0.0196. The number of benzene rings is 1. The fourth-order valence-corrected chi connectivity index (χ4v) is 2.60. The maximum absolute atomic E-state index is 13.3. The van der Waals surface area contributed by atoms with E-state index in [9.17, 15) is 14.3 Å². The Labute approximate surface area is 120 Å². The second kappa shape index (κ2) is 5.46. The molecule has 1 aromatic heterocycles. The number of nitrogens with zero attached hydrogens (tertiary/aromatic N) is 1. The van der Waals surface area contributed by atoms with Crippen LogP contribution in [-0.4, -0.2) is 48.3 Å². The number of carbonyl (C=O) groups excluding carboxylic acids is 1. The first-order chi connectivity index (χ1) is 10.1. The molecule has 1 aliphatic heterocycles. The molecule has 1 amide bonds. The number of hydrogen-bond donors (Lipinski definition) is 1. The highest BCUT2D eigenvalue weighted by Crippen LogP contribution is 2.27. The van der Waals surface area contributed by atoms with Crippen molar-refractivity contribution < 1.29 is 23.4 Å². The summed E-state index contributed by atoms with van der Waals surface area (Å²) in [5, 5.41) is 9.94. The summed E-state index contributed by atoms with van der Waals surface area (Å²) in [6, 6.07) is 3.78. The lowest BCUT2D eigenvalue weighted by atomic mass is 10.1. The number of halogens is 1. The molecule has 0 saturated carbocycles. The molecule has 112 valence electrons. The molecule has 1 saturated heterocycles. The van der Waals surface area contributed by atoms with Crippen LogP contribution in [-0.2, 0) is 4.74 Å². The Hall–Kier alpha value is -1.92. The van der Waals surface area contributed by atoms with Crippen LogP contribution >= 0.6 is 0 Å². The topological polar surface area (TPSA) is 62.9 Å². The van der Waals surface area contributed by atoms with Gasteiger partial charge in [-0.25, -0.2) is 4.39 Å². The number of hydrogen-bond acceptors (Lipinski definition) is 4. The molecule has 1 unspecified atom stereocenters. The predicted octanol–water partition coefficient (Wildman–Crippen LogP) is 1.71. The molecule has 1 aliphatic rings. The van der Waals surface area contributed by atoms with Crippen molar-refractivity contribution in [2.24, 2.45) is 0 Å². The van der Waals surface area contributed by atoms with Crippen LogP contribution < -0.4 is 0 Å². The van der Waals surface area contributed by atoms with Crippen molar-refractivity contribution in [2.45, 2.75) is 13.0 Å². The van der Waals surface area contributed by atoms with E-state index in [1.54, 1.807) is 11.8 Å². The smallest absolute Gasteiger partial charge is 0.290 e. The number of morpholine rings is 1. The largest absolute Gasteiger partial charge is 0.451 e. The van der Waals surface area contributed by atoms with Crippen molar-refractivity contribution in [3.63, 3.8) is 0 Å². The number of rotatable bonds is 2. The molecule has 5 nitrogen and oxygen atoms in total. The Morgan fingerprint density at radius 1 is 1.52 bits per heavy atom. The van der Waals surface area contributed by atoms with Crippen molar-refractivity contribution in [1.82, 2.24) is 4.90 Å². The van der Waals surface area contributed by atoms with Crippen molar-refractivity contribution >= 4 is 16.9 Å². The van der Waals surface area contributed by atoms with Gasteiger partial charge in [0, 0.05) is 17.5 Å². The fraction of sp³-hybridized carbons (Fsp3) is 0.400. The summed E-state index contributed by atoms with van der Waals surface area (Å²) in [6.45, 7) is 2.69. The molecule has 1 fully saturated rings. The zero-order valence-corrected chi connectivity index (χ0v) is 11.6. The van der Waals surface area contributed by atoms with Gasteiger partial charge >= 0.3 is 0 Å². The van der Waals surface area contributed by atoms with Gasteiger partial charge in [0.15, 0.2) is 5.76 Å². The third-order valence-corrected chi connectivity index (χ3v) is 3.79. The van der Waals surface area contributed by atoms with E-state index in [2.05, 4.69) is 0 Å². The Morgan fingerprint density at radius 3 is 3.10 bits per heavy atom. The normalized spacial score (nSPS) is 19.2. The molecule has 1 aromatic carbocycles. The number of fused-ring (bicyclic) bond motifs is 1. The van der Waals surface area contributed by atoms with Crippen LogP contribution in [0.4, 0.5) is 4.39 Å². The summed E-state index contributed by atoms with van der Waals surface area (Å²) in [5.74, 6) is -0.479. The van der Waals surface area contributed by atoms with Gasteiger partial charge in [-0.2, -0.15) is 0 Å². The third-order valence-electron chi connectivity index (χ3n) is 3.79. The molecule has 0 radical (unpaired) electrons. The zero-order chi connectivity index (χ0) is 15.0. The van der Waals surface area contributed by atoms with Crippen LogP contribution in [0, 0.1) is 12.7 Å². The SMILES string of the molecule is Cc1c(C(=O)N2CCOCC2CO)oc2ccc(F)cc12. The standard InChI is InChI=1S/C15H16FNO4/c1-9-12-6-10(16)2-3-13(12)21-14(9)15(19)17-4-5-20-8-11(17)7-18/h2-3,6,11,18H,4-5,7-8H2,1H3. The summed E-state index contributed by atoms with van der Waals surface area (Å²) in [6.07, 6.45) is 0. The number of furan rings is 1. The number of ether oxygens (including phenoxy) is 1. The molecule has 6 heteroatoms.